The van der Waals surface area contributed by atoms with E-state index in [0.29, 0.717) is 37.4 Å². The number of nitrogens with one attached hydrogen (secondary N) is 2. The van der Waals surface area contributed by atoms with Gasteiger partial charge in [-0.25, -0.2) is 0 Å². The van der Waals surface area contributed by atoms with Crippen LogP contribution in [-0.4, -0.2) is 37.6 Å². The lowest BCUT2D eigenvalue weighted by Crippen LogP contribution is -2.28. The average Bonchev–Trinajstić information content (AvgIpc) is 2.40. The van der Waals surface area contributed by atoms with E-state index in [4.69, 9.17) is 4.74 Å². The third-order valence-corrected chi connectivity index (χ3v) is 2.80. The van der Waals surface area contributed by atoms with E-state index >= 15 is 0 Å². The minimum Gasteiger partial charge on any atom is -0.384 e. The van der Waals surface area contributed by atoms with E-state index in [2.05, 4.69) is 10.6 Å². The first-order valence-electron chi connectivity index (χ1n) is 6.29. The smallest absolute Gasteiger partial charge is 0.274 e. The largest absolute Gasteiger partial charge is 0.384 e. The third-order valence-electron chi connectivity index (χ3n) is 2.80. The molecule has 0 spiro atoms. The first kappa shape index (κ1) is 15.9. The number of rotatable bonds is 8. The average molecular weight is 281 g/mol. The molecule has 7 heteroatoms. The highest BCUT2D eigenvalue weighted by Crippen LogP contribution is 2.24. The normalized spacial score (nSPS) is 10.1. The summed E-state index contributed by atoms with van der Waals surface area (Å²) < 4.78 is 4.82. The van der Waals surface area contributed by atoms with Gasteiger partial charge in [0, 0.05) is 43.9 Å². The van der Waals surface area contributed by atoms with Crippen LogP contribution in [0, 0.1) is 17.0 Å². The minimum absolute atomic E-state index is 0.0690. The lowest BCUT2D eigenvalue weighted by atomic mass is 10.1. The molecule has 0 radical (unpaired) electrons. The second kappa shape index (κ2) is 8.11. The number of carbonyl (C=O) groups excluding carboxylic acids is 1. The zero-order valence-corrected chi connectivity index (χ0v) is 11.6. The van der Waals surface area contributed by atoms with Crippen molar-refractivity contribution < 1.29 is 14.5 Å². The SMILES string of the molecule is COCCNC(=O)CCNc1cccc([N+](=O)[O-])c1C. The highest BCUT2D eigenvalue weighted by atomic mass is 16.6. The molecule has 7 nitrogen and oxygen atoms in total. The number of anilines is 1. The van der Waals surface area contributed by atoms with E-state index in [-0.39, 0.29) is 11.6 Å². The predicted molar refractivity (Wildman–Crippen MR) is 75.8 cm³/mol. The van der Waals surface area contributed by atoms with Crippen molar-refractivity contribution in [2.75, 3.05) is 32.1 Å². The Kier molecular flexibility index (Phi) is 6.45. The summed E-state index contributed by atoms with van der Waals surface area (Å²) in [4.78, 5) is 21.8. The Labute approximate surface area is 117 Å². The molecule has 1 amide bonds. The van der Waals surface area contributed by atoms with Gasteiger partial charge in [0.1, 0.15) is 0 Å². The number of ether oxygens (including phenoxy) is 1. The van der Waals surface area contributed by atoms with Crippen LogP contribution in [-0.2, 0) is 9.53 Å². The molecule has 1 aromatic rings. The Hall–Kier alpha value is -2.15. The maximum Gasteiger partial charge on any atom is 0.274 e. The van der Waals surface area contributed by atoms with Crippen molar-refractivity contribution >= 4 is 17.3 Å². The van der Waals surface area contributed by atoms with Crippen molar-refractivity contribution in [2.45, 2.75) is 13.3 Å². The van der Waals surface area contributed by atoms with Gasteiger partial charge in [-0.3, -0.25) is 14.9 Å². The van der Waals surface area contributed by atoms with Crippen LogP contribution in [0.3, 0.4) is 0 Å². The Morgan fingerprint density at radius 3 is 2.80 bits per heavy atom. The number of benzene rings is 1. The van der Waals surface area contributed by atoms with E-state index in [1.54, 1.807) is 26.2 Å². The molecule has 0 aromatic heterocycles. The molecule has 110 valence electrons. The Morgan fingerprint density at radius 1 is 1.40 bits per heavy atom. The lowest BCUT2D eigenvalue weighted by Gasteiger charge is -2.09. The van der Waals surface area contributed by atoms with Gasteiger partial charge in [-0.2, -0.15) is 0 Å². The van der Waals surface area contributed by atoms with Gasteiger partial charge in [0.25, 0.3) is 5.69 Å². The predicted octanol–water partition coefficient (Wildman–Crippen LogP) is 1.47. The maximum absolute atomic E-state index is 11.5. The number of hydrogen-bond donors (Lipinski definition) is 2. The monoisotopic (exact) mass is 281 g/mol. The first-order chi connectivity index (χ1) is 9.56. The number of amides is 1. The topological polar surface area (TPSA) is 93.5 Å². The van der Waals surface area contributed by atoms with Crippen molar-refractivity contribution in [3.63, 3.8) is 0 Å². The second-order valence-electron chi connectivity index (χ2n) is 4.23. The van der Waals surface area contributed by atoms with Gasteiger partial charge < -0.3 is 15.4 Å². The molecule has 0 saturated carbocycles. The second-order valence-corrected chi connectivity index (χ2v) is 4.23. The fraction of sp³-hybridized carbons (Fsp3) is 0.462. The molecule has 0 heterocycles. The maximum atomic E-state index is 11.5. The number of nitro benzene ring substituents is 1. The number of nitrogens with zero attached hydrogens (tertiary/aromatic N) is 1. The van der Waals surface area contributed by atoms with E-state index < -0.39 is 4.92 Å². The summed E-state index contributed by atoms with van der Waals surface area (Å²) in [5.74, 6) is -0.0855. The molecule has 0 saturated heterocycles. The summed E-state index contributed by atoms with van der Waals surface area (Å²) in [6.45, 7) is 3.05. The molecule has 0 aliphatic rings. The van der Waals surface area contributed by atoms with Crippen molar-refractivity contribution in [3.05, 3.63) is 33.9 Å². The van der Waals surface area contributed by atoms with Gasteiger partial charge in [0.05, 0.1) is 11.5 Å². The molecule has 1 rings (SSSR count). The number of carbonyl (C=O) groups is 1. The van der Waals surface area contributed by atoms with Gasteiger partial charge in [0.15, 0.2) is 0 Å². The van der Waals surface area contributed by atoms with Gasteiger partial charge in [-0.1, -0.05) is 6.07 Å². The number of methoxy groups -OCH3 is 1. The van der Waals surface area contributed by atoms with Crippen molar-refractivity contribution in [2.24, 2.45) is 0 Å². The summed E-state index contributed by atoms with van der Waals surface area (Å²) in [6.07, 6.45) is 0.297. The molecule has 0 unspecified atom stereocenters. The molecular formula is C13H19N3O4. The Balaban J connectivity index is 2.44. The van der Waals surface area contributed by atoms with Crippen LogP contribution in [0.1, 0.15) is 12.0 Å². The fourth-order valence-electron chi connectivity index (χ4n) is 1.70. The molecule has 20 heavy (non-hydrogen) atoms. The Morgan fingerprint density at radius 2 is 2.15 bits per heavy atom. The highest BCUT2D eigenvalue weighted by molar-refractivity contribution is 5.76. The van der Waals surface area contributed by atoms with Crippen molar-refractivity contribution in [1.82, 2.24) is 5.32 Å². The zero-order chi connectivity index (χ0) is 15.0. The molecule has 0 aliphatic heterocycles. The van der Waals surface area contributed by atoms with Crippen LogP contribution in [0.4, 0.5) is 11.4 Å². The molecule has 0 fully saturated rings. The highest BCUT2D eigenvalue weighted by Gasteiger charge is 2.12. The minimum atomic E-state index is -0.419. The van der Waals surface area contributed by atoms with Crippen LogP contribution >= 0.6 is 0 Å². The van der Waals surface area contributed by atoms with Crippen LogP contribution in [0.25, 0.3) is 0 Å². The van der Waals surface area contributed by atoms with E-state index in [1.165, 1.54) is 6.07 Å². The molecule has 0 aliphatic carbocycles. The van der Waals surface area contributed by atoms with Crippen LogP contribution in [0.5, 0.6) is 0 Å². The van der Waals surface area contributed by atoms with Gasteiger partial charge in [0.2, 0.25) is 5.91 Å². The van der Waals surface area contributed by atoms with Gasteiger partial charge >= 0.3 is 0 Å². The number of hydrogen-bond acceptors (Lipinski definition) is 5. The van der Waals surface area contributed by atoms with Crippen molar-refractivity contribution in [3.8, 4) is 0 Å². The summed E-state index contributed by atoms with van der Waals surface area (Å²) in [5, 5.41) is 16.5. The molecule has 1 aromatic carbocycles. The summed E-state index contributed by atoms with van der Waals surface area (Å²) >= 11 is 0. The van der Waals surface area contributed by atoms with Crippen LogP contribution < -0.4 is 10.6 Å². The van der Waals surface area contributed by atoms with Gasteiger partial charge in [-0.15, -0.1) is 0 Å². The third kappa shape index (κ3) is 4.85. The quantitative estimate of drug-likeness (QED) is 0.427. The van der Waals surface area contributed by atoms with E-state index in [0.717, 1.165) is 0 Å². The van der Waals surface area contributed by atoms with Crippen LogP contribution in [0.2, 0.25) is 0 Å². The van der Waals surface area contributed by atoms with Gasteiger partial charge in [-0.05, 0) is 13.0 Å². The summed E-state index contributed by atoms with van der Waals surface area (Å²) in [5.41, 5.74) is 1.31. The molecule has 0 bridgehead atoms. The van der Waals surface area contributed by atoms with Crippen molar-refractivity contribution in [1.29, 1.82) is 0 Å². The summed E-state index contributed by atoms with van der Waals surface area (Å²) in [6, 6.07) is 4.83. The van der Waals surface area contributed by atoms with E-state index in [9.17, 15) is 14.9 Å². The molecule has 0 atom stereocenters. The lowest BCUT2D eigenvalue weighted by molar-refractivity contribution is -0.385. The fourth-order valence-corrected chi connectivity index (χ4v) is 1.70. The Bertz CT molecular complexity index is 477. The molecule has 2 N–H and O–H groups in total. The first-order valence-corrected chi connectivity index (χ1v) is 6.29. The standard InChI is InChI=1S/C13H19N3O4/c1-10-11(4-3-5-12(10)16(18)19)14-7-6-13(17)15-8-9-20-2/h3-5,14H,6-9H2,1-2H3,(H,15,17). The summed E-state index contributed by atoms with van der Waals surface area (Å²) in [7, 11) is 1.57. The zero-order valence-electron chi connectivity index (χ0n) is 11.6. The molecular weight excluding hydrogens is 262 g/mol. The van der Waals surface area contributed by atoms with E-state index in [1.807, 2.05) is 0 Å². The van der Waals surface area contributed by atoms with Crippen LogP contribution in [0.15, 0.2) is 18.2 Å². The number of nitro groups is 1.